The van der Waals surface area contributed by atoms with Crippen molar-refractivity contribution in [1.82, 2.24) is 10.3 Å². The van der Waals surface area contributed by atoms with Crippen LogP contribution in [-0.2, 0) is 11.3 Å². The number of nitrogens with zero attached hydrogens (tertiary/aromatic N) is 1. The van der Waals surface area contributed by atoms with Crippen LogP contribution in [0.4, 0.5) is 0 Å². The number of nitrogens with one attached hydrogen (secondary N) is 1. The molecule has 1 fully saturated rings. The zero-order valence-corrected chi connectivity index (χ0v) is 11.3. The second kappa shape index (κ2) is 6.38. The highest BCUT2D eigenvalue weighted by molar-refractivity contribution is 7.99. The molecule has 3 nitrogen and oxygen atoms in total. The van der Waals surface area contributed by atoms with Crippen molar-refractivity contribution >= 4 is 11.8 Å². The van der Waals surface area contributed by atoms with Gasteiger partial charge in [0.15, 0.2) is 0 Å². The molecule has 0 aliphatic heterocycles. The van der Waals surface area contributed by atoms with Gasteiger partial charge in [-0.15, -0.1) is 11.8 Å². The van der Waals surface area contributed by atoms with Crippen molar-refractivity contribution in [2.24, 2.45) is 0 Å². The summed E-state index contributed by atoms with van der Waals surface area (Å²) in [6, 6.07) is 2.99. The molecule has 1 heterocycles. The zero-order chi connectivity index (χ0) is 12.1. The van der Waals surface area contributed by atoms with E-state index in [-0.39, 0.29) is 0 Å². The normalized spacial score (nSPS) is 15.2. The van der Waals surface area contributed by atoms with E-state index in [9.17, 15) is 0 Å². The third-order valence-corrected chi connectivity index (χ3v) is 3.86. The summed E-state index contributed by atoms with van der Waals surface area (Å²) < 4.78 is 5.04. The van der Waals surface area contributed by atoms with Gasteiger partial charge in [-0.2, -0.15) is 0 Å². The van der Waals surface area contributed by atoms with Crippen LogP contribution in [0.2, 0.25) is 0 Å². The van der Waals surface area contributed by atoms with E-state index < -0.39 is 0 Å². The lowest BCUT2D eigenvalue weighted by atomic mass is 10.2. The smallest absolute Gasteiger partial charge is 0.0990 e. The summed E-state index contributed by atoms with van der Waals surface area (Å²) in [4.78, 5) is 4.52. The molecule has 1 aliphatic carbocycles. The molecule has 17 heavy (non-hydrogen) atoms. The molecule has 1 aliphatic rings. The van der Waals surface area contributed by atoms with Crippen molar-refractivity contribution in [2.75, 3.05) is 19.5 Å². The Hall–Kier alpha value is -0.580. The van der Waals surface area contributed by atoms with Gasteiger partial charge in [-0.25, -0.2) is 4.98 Å². The summed E-state index contributed by atoms with van der Waals surface area (Å²) in [5.74, 6) is 0.962. The predicted molar refractivity (Wildman–Crippen MR) is 71.4 cm³/mol. The lowest BCUT2D eigenvalue weighted by Gasteiger charge is -2.07. The van der Waals surface area contributed by atoms with Crippen molar-refractivity contribution in [3.05, 3.63) is 23.4 Å². The number of methoxy groups -OCH3 is 1. The van der Waals surface area contributed by atoms with Gasteiger partial charge in [0.25, 0.3) is 0 Å². The lowest BCUT2D eigenvalue weighted by Crippen LogP contribution is -2.15. The largest absolute Gasteiger partial charge is 0.384 e. The van der Waals surface area contributed by atoms with Crippen molar-refractivity contribution in [3.8, 4) is 0 Å². The van der Waals surface area contributed by atoms with Gasteiger partial charge >= 0.3 is 0 Å². The van der Waals surface area contributed by atoms with Gasteiger partial charge in [0, 0.05) is 31.6 Å². The summed E-state index contributed by atoms with van der Waals surface area (Å²) in [6.45, 7) is 3.85. The minimum absolute atomic E-state index is 0.756. The summed E-state index contributed by atoms with van der Waals surface area (Å²) >= 11 is 1.76. The molecular weight excluding hydrogens is 232 g/mol. The van der Waals surface area contributed by atoms with Crippen molar-refractivity contribution in [2.45, 2.75) is 37.4 Å². The van der Waals surface area contributed by atoms with Crippen LogP contribution in [0.3, 0.4) is 0 Å². The number of hydrogen-bond donors (Lipinski definition) is 1. The van der Waals surface area contributed by atoms with E-state index >= 15 is 0 Å². The molecule has 1 saturated carbocycles. The highest BCUT2D eigenvalue weighted by Crippen LogP contribution is 2.22. The SMILES string of the molecule is COCCSc1ncc(CNC2CC2)cc1C. The number of aryl methyl sites for hydroxylation is 1. The number of aromatic nitrogens is 1. The van der Waals surface area contributed by atoms with E-state index in [1.807, 2.05) is 6.20 Å². The van der Waals surface area contributed by atoms with Gasteiger partial charge in [0.05, 0.1) is 11.6 Å². The molecule has 0 radical (unpaired) electrons. The number of ether oxygens (including phenoxy) is 1. The van der Waals surface area contributed by atoms with Crippen LogP contribution in [0.25, 0.3) is 0 Å². The number of pyridine rings is 1. The molecule has 1 N–H and O–H groups in total. The molecule has 0 unspecified atom stereocenters. The highest BCUT2D eigenvalue weighted by Gasteiger charge is 2.19. The Kier molecular flexibility index (Phi) is 4.83. The Balaban J connectivity index is 1.85. The van der Waals surface area contributed by atoms with Crippen LogP contribution in [0.5, 0.6) is 0 Å². The summed E-state index contributed by atoms with van der Waals surface area (Å²) in [7, 11) is 1.73. The first kappa shape index (κ1) is 12.9. The van der Waals surface area contributed by atoms with Crippen molar-refractivity contribution in [1.29, 1.82) is 0 Å². The third kappa shape index (κ3) is 4.30. The number of thioether (sulfide) groups is 1. The molecule has 94 valence electrons. The summed E-state index contributed by atoms with van der Waals surface area (Å²) in [6.07, 6.45) is 4.65. The highest BCUT2D eigenvalue weighted by atomic mass is 32.2. The molecule has 1 aromatic heterocycles. The monoisotopic (exact) mass is 252 g/mol. The number of hydrogen-bond acceptors (Lipinski definition) is 4. The standard InChI is InChI=1S/C13H20N2OS/c1-10-7-11(8-14-12-3-4-12)9-15-13(10)17-6-5-16-2/h7,9,12,14H,3-6,8H2,1-2H3. The van der Waals surface area contributed by atoms with Gasteiger partial charge in [-0.05, 0) is 30.9 Å². The van der Waals surface area contributed by atoms with Crippen LogP contribution < -0.4 is 5.32 Å². The molecule has 0 aromatic carbocycles. The van der Waals surface area contributed by atoms with Crippen LogP contribution in [0.1, 0.15) is 24.0 Å². The van der Waals surface area contributed by atoms with E-state index in [0.29, 0.717) is 0 Å². The molecule has 0 amide bonds. The fourth-order valence-electron chi connectivity index (χ4n) is 1.64. The van der Waals surface area contributed by atoms with Gasteiger partial charge in [0.2, 0.25) is 0 Å². The van der Waals surface area contributed by atoms with Gasteiger partial charge < -0.3 is 10.1 Å². The Morgan fingerprint density at radius 2 is 2.35 bits per heavy atom. The van der Waals surface area contributed by atoms with Crippen molar-refractivity contribution < 1.29 is 4.74 Å². The Labute approximate surface area is 107 Å². The maximum Gasteiger partial charge on any atom is 0.0990 e. The van der Waals surface area contributed by atoms with Crippen molar-refractivity contribution in [3.63, 3.8) is 0 Å². The summed E-state index contributed by atoms with van der Waals surface area (Å²) in [5, 5.41) is 4.63. The Morgan fingerprint density at radius 3 is 3.00 bits per heavy atom. The van der Waals surface area contributed by atoms with E-state index in [1.54, 1.807) is 18.9 Å². The van der Waals surface area contributed by atoms with Crippen LogP contribution in [0, 0.1) is 6.92 Å². The number of rotatable bonds is 7. The van der Waals surface area contributed by atoms with Crippen LogP contribution >= 0.6 is 11.8 Å². The van der Waals surface area contributed by atoms with E-state index in [2.05, 4.69) is 23.3 Å². The average Bonchev–Trinajstić information content (AvgIpc) is 3.13. The van der Waals surface area contributed by atoms with E-state index in [1.165, 1.54) is 24.0 Å². The third-order valence-electron chi connectivity index (χ3n) is 2.79. The first-order valence-corrected chi connectivity index (χ1v) is 7.09. The topological polar surface area (TPSA) is 34.1 Å². The first-order valence-electron chi connectivity index (χ1n) is 6.10. The van der Waals surface area contributed by atoms with E-state index in [0.717, 1.165) is 30.0 Å². The molecule has 4 heteroatoms. The second-order valence-electron chi connectivity index (χ2n) is 4.46. The molecular formula is C13H20N2OS. The predicted octanol–water partition coefficient (Wildman–Crippen LogP) is 2.38. The fraction of sp³-hybridized carbons (Fsp3) is 0.615. The molecule has 0 spiro atoms. The minimum Gasteiger partial charge on any atom is -0.384 e. The second-order valence-corrected chi connectivity index (χ2v) is 5.55. The lowest BCUT2D eigenvalue weighted by molar-refractivity contribution is 0.218. The maximum absolute atomic E-state index is 5.04. The molecule has 1 aromatic rings. The fourth-order valence-corrected chi connectivity index (χ4v) is 2.50. The molecule has 2 rings (SSSR count). The maximum atomic E-state index is 5.04. The van der Waals surface area contributed by atoms with Crippen LogP contribution in [0.15, 0.2) is 17.3 Å². The minimum atomic E-state index is 0.756. The quantitative estimate of drug-likeness (QED) is 0.597. The average molecular weight is 252 g/mol. The van der Waals surface area contributed by atoms with Gasteiger partial charge in [-0.1, -0.05) is 6.07 Å². The molecule has 0 atom stereocenters. The molecule has 0 bridgehead atoms. The van der Waals surface area contributed by atoms with Crippen LogP contribution in [-0.4, -0.2) is 30.5 Å². The van der Waals surface area contributed by atoms with Gasteiger partial charge in [0.1, 0.15) is 0 Å². The summed E-state index contributed by atoms with van der Waals surface area (Å²) in [5.41, 5.74) is 2.55. The Bertz CT molecular complexity index is 366. The zero-order valence-electron chi connectivity index (χ0n) is 10.5. The van der Waals surface area contributed by atoms with E-state index in [4.69, 9.17) is 4.74 Å². The Morgan fingerprint density at radius 1 is 1.53 bits per heavy atom. The molecule has 0 saturated heterocycles. The van der Waals surface area contributed by atoms with Gasteiger partial charge in [-0.3, -0.25) is 0 Å². The first-order chi connectivity index (χ1) is 8.29.